The van der Waals surface area contributed by atoms with Gasteiger partial charge in [-0.05, 0) is 12.0 Å². The van der Waals surface area contributed by atoms with Gasteiger partial charge in [-0.15, -0.1) is 0 Å². The van der Waals surface area contributed by atoms with Crippen LogP contribution in [0.3, 0.4) is 0 Å². The topological polar surface area (TPSA) is 70.1 Å². The van der Waals surface area contributed by atoms with E-state index in [0.29, 0.717) is 11.6 Å². The molecule has 0 radical (unpaired) electrons. The van der Waals surface area contributed by atoms with Crippen LogP contribution in [-0.2, 0) is 16.1 Å². The van der Waals surface area contributed by atoms with Crippen molar-refractivity contribution in [3.63, 3.8) is 0 Å². The van der Waals surface area contributed by atoms with Gasteiger partial charge in [0.05, 0.1) is 12.8 Å². The molecule has 15 heavy (non-hydrogen) atoms. The zero-order chi connectivity index (χ0) is 11.4. The van der Waals surface area contributed by atoms with Crippen LogP contribution in [0.1, 0.15) is 25.6 Å². The van der Waals surface area contributed by atoms with Gasteiger partial charge in [0.1, 0.15) is 6.04 Å². The number of nitrogens with two attached hydrogens (primary N) is 1. The lowest BCUT2D eigenvalue weighted by Gasteiger charge is -2.13. The molecule has 1 heterocycles. The second kappa shape index (κ2) is 4.93. The van der Waals surface area contributed by atoms with Gasteiger partial charge in [0.2, 0.25) is 0 Å². The molecule has 0 aliphatic rings. The van der Waals surface area contributed by atoms with E-state index in [4.69, 9.17) is 5.73 Å². The summed E-state index contributed by atoms with van der Waals surface area (Å²) in [7, 11) is 1.32. The monoisotopic (exact) mass is 211 g/mol. The quantitative estimate of drug-likeness (QED) is 0.745. The van der Waals surface area contributed by atoms with E-state index in [1.165, 1.54) is 7.11 Å². The van der Waals surface area contributed by atoms with Gasteiger partial charge < -0.3 is 10.5 Å². The second-order valence-electron chi connectivity index (χ2n) is 3.83. The van der Waals surface area contributed by atoms with E-state index in [-0.39, 0.29) is 0 Å². The van der Waals surface area contributed by atoms with Gasteiger partial charge in [-0.3, -0.25) is 4.68 Å². The Labute approximate surface area is 89.2 Å². The molecule has 0 aliphatic carbocycles. The Morgan fingerprint density at radius 2 is 2.33 bits per heavy atom. The molecule has 84 valence electrons. The summed E-state index contributed by atoms with van der Waals surface area (Å²) < 4.78 is 6.33. The van der Waals surface area contributed by atoms with Crippen LogP contribution < -0.4 is 5.73 Å². The number of carbonyl (C=O) groups is 1. The van der Waals surface area contributed by atoms with Crippen LogP contribution in [0.5, 0.6) is 0 Å². The molecule has 5 heteroatoms. The molecule has 0 saturated carbocycles. The molecule has 1 rings (SSSR count). The standard InChI is InChI=1S/C10H17N3O2/c1-7(2)6-13-8(4-5-12-13)9(11)10(14)15-3/h4-5,7,9H,6,11H2,1-3H3. The highest BCUT2D eigenvalue weighted by molar-refractivity contribution is 5.76. The molecule has 0 aromatic carbocycles. The van der Waals surface area contributed by atoms with Gasteiger partial charge in [-0.2, -0.15) is 5.10 Å². The van der Waals surface area contributed by atoms with E-state index >= 15 is 0 Å². The highest BCUT2D eigenvalue weighted by Crippen LogP contribution is 2.12. The van der Waals surface area contributed by atoms with Gasteiger partial charge >= 0.3 is 5.97 Å². The van der Waals surface area contributed by atoms with E-state index in [0.717, 1.165) is 6.54 Å². The van der Waals surface area contributed by atoms with E-state index in [9.17, 15) is 4.79 Å². The minimum atomic E-state index is -0.753. The third-order valence-corrected chi connectivity index (χ3v) is 2.06. The zero-order valence-electron chi connectivity index (χ0n) is 9.30. The predicted octanol–water partition coefficient (Wildman–Crippen LogP) is 0.712. The number of esters is 1. The molecule has 0 bridgehead atoms. The third-order valence-electron chi connectivity index (χ3n) is 2.06. The first-order valence-electron chi connectivity index (χ1n) is 4.91. The van der Waals surface area contributed by atoms with Crippen LogP contribution in [0.15, 0.2) is 12.3 Å². The fourth-order valence-corrected chi connectivity index (χ4v) is 1.35. The molecular weight excluding hydrogens is 194 g/mol. The summed E-state index contributed by atoms with van der Waals surface area (Å²) in [5, 5.41) is 4.12. The zero-order valence-corrected chi connectivity index (χ0v) is 9.30. The molecule has 0 amide bonds. The van der Waals surface area contributed by atoms with Crippen molar-refractivity contribution < 1.29 is 9.53 Å². The smallest absolute Gasteiger partial charge is 0.328 e. The van der Waals surface area contributed by atoms with E-state index in [2.05, 4.69) is 23.7 Å². The predicted molar refractivity (Wildman–Crippen MR) is 56.0 cm³/mol. The number of ether oxygens (including phenoxy) is 1. The molecule has 1 atom stereocenters. The minimum Gasteiger partial charge on any atom is -0.468 e. The molecule has 1 unspecified atom stereocenters. The Morgan fingerprint density at radius 1 is 1.67 bits per heavy atom. The van der Waals surface area contributed by atoms with Crippen molar-refractivity contribution in [2.24, 2.45) is 11.7 Å². The maximum absolute atomic E-state index is 11.3. The van der Waals surface area contributed by atoms with Crippen molar-refractivity contribution in [2.75, 3.05) is 7.11 Å². The third kappa shape index (κ3) is 2.79. The van der Waals surface area contributed by atoms with Crippen molar-refractivity contribution in [3.05, 3.63) is 18.0 Å². The average Bonchev–Trinajstić information content (AvgIpc) is 2.62. The van der Waals surface area contributed by atoms with Crippen molar-refractivity contribution in [1.82, 2.24) is 9.78 Å². The number of rotatable bonds is 4. The van der Waals surface area contributed by atoms with E-state index in [1.807, 2.05) is 0 Å². The molecule has 1 aromatic rings. The van der Waals surface area contributed by atoms with Gasteiger partial charge in [-0.1, -0.05) is 13.8 Å². The summed E-state index contributed by atoms with van der Waals surface area (Å²) in [5.74, 6) is 0.00834. The van der Waals surface area contributed by atoms with Crippen LogP contribution in [0, 0.1) is 5.92 Å². The van der Waals surface area contributed by atoms with Crippen molar-refractivity contribution in [3.8, 4) is 0 Å². The van der Waals surface area contributed by atoms with E-state index < -0.39 is 12.0 Å². The summed E-state index contributed by atoms with van der Waals surface area (Å²) in [6.07, 6.45) is 1.64. The van der Waals surface area contributed by atoms with Crippen LogP contribution in [0.25, 0.3) is 0 Å². The molecule has 0 saturated heterocycles. The van der Waals surface area contributed by atoms with Crippen LogP contribution >= 0.6 is 0 Å². The average molecular weight is 211 g/mol. The summed E-state index contributed by atoms with van der Waals surface area (Å²) in [5.41, 5.74) is 6.42. The number of aromatic nitrogens is 2. The fourth-order valence-electron chi connectivity index (χ4n) is 1.35. The summed E-state index contributed by atoms with van der Waals surface area (Å²) in [6, 6.07) is 0.987. The van der Waals surface area contributed by atoms with Crippen molar-refractivity contribution in [1.29, 1.82) is 0 Å². The molecular formula is C10H17N3O2. The number of nitrogens with zero attached hydrogens (tertiary/aromatic N) is 2. The van der Waals surface area contributed by atoms with Crippen LogP contribution in [0.4, 0.5) is 0 Å². The normalized spacial score (nSPS) is 12.9. The van der Waals surface area contributed by atoms with Gasteiger partial charge in [0.25, 0.3) is 0 Å². The van der Waals surface area contributed by atoms with Crippen LogP contribution in [-0.4, -0.2) is 22.9 Å². The van der Waals surface area contributed by atoms with Gasteiger partial charge in [-0.25, -0.2) is 4.79 Å². The highest BCUT2D eigenvalue weighted by Gasteiger charge is 2.20. The SMILES string of the molecule is COC(=O)C(N)c1ccnn1CC(C)C. The first-order chi connectivity index (χ1) is 7.06. The lowest BCUT2D eigenvalue weighted by molar-refractivity contribution is -0.142. The first-order valence-corrected chi connectivity index (χ1v) is 4.91. The number of hydrogen-bond acceptors (Lipinski definition) is 4. The Kier molecular flexibility index (Phi) is 3.85. The molecule has 2 N–H and O–H groups in total. The highest BCUT2D eigenvalue weighted by atomic mass is 16.5. The Morgan fingerprint density at radius 3 is 2.87 bits per heavy atom. The summed E-state index contributed by atoms with van der Waals surface area (Å²) in [6.45, 7) is 4.90. The number of methoxy groups -OCH3 is 1. The maximum atomic E-state index is 11.3. The van der Waals surface area contributed by atoms with Crippen molar-refractivity contribution in [2.45, 2.75) is 26.4 Å². The van der Waals surface area contributed by atoms with Gasteiger partial charge in [0.15, 0.2) is 0 Å². The Balaban J connectivity index is 2.84. The summed E-state index contributed by atoms with van der Waals surface area (Å²) >= 11 is 0. The molecule has 1 aromatic heterocycles. The van der Waals surface area contributed by atoms with Gasteiger partial charge in [0, 0.05) is 12.7 Å². The fraction of sp³-hybridized carbons (Fsp3) is 0.600. The molecule has 0 fully saturated rings. The van der Waals surface area contributed by atoms with Crippen molar-refractivity contribution >= 4 is 5.97 Å². The minimum absolute atomic E-state index is 0.444. The summed E-state index contributed by atoms with van der Waals surface area (Å²) in [4.78, 5) is 11.3. The van der Waals surface area contributed by atoms with Crippen LogP contribution in [0.2, 0.25) is 0 Å². The molecule has 5 nitrogen and oxygen atoms in total. The lowest BCUT2D eigenvalue weighted by Crippen LogP contribution is -2.26. The maximum Gasteiger partial charge on any atom is 0.328 e. The number of carbonyl (C=O) groups excluding carboxylic acids is 1. The molecule has 0 spiro atoms. The lowest BCUT2D eigenvalue weighted by atomic mass is 10.2. The Hall–Kier alpha value is -1.36. The largest absolute Gasteiger partial charge is 0.468 e. The Bertz CT molecular complexity index is 333. The number of hydrogen-bond donors (Lipinski definition) is 1. The first kappa shape index (κ1) is 11.7. The van der Waals surface area contributed by atoms with E-state index in [1.54, 1.807) is 16.9 Å². The molecule has 0 aliphatic heterocycles. The second-order valence-corrected chi connectivity index (χ2v) is 3.83.